The number of carbonyl (C=O) groups is 1. The molecule has 1 aliphatic heterocycles. The maximum absolute atomic E-state index is 12.0. The molecule has 1 saturated heterocycles. The monoisotopic (exact) mass is 1310 g/mol. The molecule has 0 aromatic carbocycles. The second kappa shape index (κ2) is 74.6. The molecule has 26 heteroatoms. The Bertz CT molecular complexity index is 1420. The summed E-state index contributed by atoms with van der Waals surface area (Å²) in [6.07, 6.45) is 17.2. The summed E-state index contributed by atoms with van der Waals surface area (Å²) in [6.45, 7) is 20.3. The SMILES string of the molecule is CCCCCCCC/C=C\CCCCCCCC(=O)OCCOCCOCCOCCOCCOCCOCCOCCOCCOCCOCCOCCOCCOCCOCCOCCOCCOCCOCCOCCOCC(O)[C@H]1OC[C@@H](O)[C@@H]1O. The summed E-state index contributed by atoms with van der Waals surface area (Å²) in [7, 11) is 0. The number of carbonyl (C=O) groups excluding carboxylic acids is 1. The zero-order chi connectivity index (χ0) is 64.5. The third-order valence-electron chi connectivity index (χ3n) is 13.1. The Kier molecular flexibility index (Phi) is 71.5. The van der Waals surface area contributed by atoms with E-state index >= 15 is 0 Å². The molecule has 1 unspecified atom stereocenters. The van der Waals surface area contributed by atoms with E-state index in [-0.39, 0.29) is 32.4 Å². The van der Waals surface area contributed by atoms with Gasteiger partial charge in [-0.1, -0.05) is 70.4 Å². The summed E-state index contributed by atoms with van der Waals surface area (Å²) in [4.78, 5) is 12.0. The van der Waals surface area contributed by atoms with Crippen molar-refractivity contribution in [1.29, 1.82) is 0 Å². The Morgan fingerprint density at radius 3 is 0.833 bits per heavy atom. The fourth-order valence-electron chi connectivity index (χ4n) is 8.07. The fraction of sp³-hybridized carbons (Fsp3) is 0.953. The summed E-state index contributed by atoms with van der Waals surface area (Å²) in [5.74, 6) is -0.149. The molecule has 0 radical (unpaired) electrons. The molecule has 1 heterocycles. The number of ether oxygens (including phenoxy) is 22. The summed E-state index contributed by atoms with van der Waals surface area (Å²) >= 11 is 0. The maximum atomic E-state index is 12.0. The van der Waals surface area contributed by atoms with Crippen molar-refractivity contribution < 1.29 is 124 Å². The first-order chi connectivity index (χ1) is 44.6. The minimum absolute atomic E-state index is 0.00705. The average molecular weight is 1310 g/mol. The van der Waals surface area contributed by atoms with E-state index in [4.69, 9.17) is 104 Å². The van der Waals surface area contributed by atoms with Crippen LogP contribution < -0.4 is 0 Å². The Balaban J connectivity index is 1.61. The first kappa shape index (κ1) is 86.3. The van der Waals surface area contributed by atoms with E-state index in [1.54, 1.807) is 0 Å². The molecule has 0 saturated carbocycles. The van der Waals surface area contributed by atoms with Crippen molar-refractivity contribution in [3.05, 3.63) is 12.2 Å². The molecule has 4 atom stereocenters. The smallest absolute Gasteiger partial charge is 0.305 e. The Morgan fingerprint density at radius 1 is 0.344 bits per heavy atom. The molecule has 0 bridgehead atoms. The van der Waals surface area contributed by atoms with Gasteiger partial charge in [-0.05, 0) is 32.1 Å². The lowest BCUT2D eigenvalue weighted by molar-refractivity contribution is -0.145. The number of aliphatic hydroxyl groups excluding tert-OH is 3. The van der Waals surface area contributed by atoms with Gasteiger partial charge in [-0.15, -0.1) is 0 Å². The van der Waals surface area contributed by atoms with Gasteiger partial charge in [0.1, 0.15) is 31.0 Å². The van der Waals surface area contributed by atoms with Gasteiger partial charge in [-0.25, -0.2) is 0 Å². The van der Waals surface area contributed by atoms with Gasteiger partial charge in [0.15, 0.2) is 0 Å². The van der Waals surface area contributed by atoms with E-state index in [1.165, 1.54) is 64.2 Å². The quantitative estimate of drug-likeness (QED) is 0.0433. The number of aliphatic hydroxyl groups is 3. The molecule has 0 spiro atoms. The first-order valence-electron chi connectivity index (χ1n) is 33.6. The molecule has 0 aromatic heterocycles. The lowest BCUT2D eigenvalue weighted by Crippen LogP contribution is -2.41. The number of allylic oxidation sites excluding steroid dienone is 2. The normalized spacial score (nSPS) is 15.5. The molecule has 0 amide bonds. The lowest BCUT2D eigenvalue weighted by atomic mass is 10.1. The van der Waals surface area contributed by atoms with Crippen molar-refractivity contribution in [2.45, 2.75) is 121 Å². The minimum Gasteiger partial charge on any atom is -0.463 e. The number of hydrogen-bond acceptors (Lipinski definition) is 26. The molecule has 536 valence electrons. The number of hydrogen-bond donors (Lipinski definition) is 3. The highest BCUT2D eigenvalue weighted by molar-refractivity contribution is 5.69. The summed E-state index contributed by atoms with van der Waals surface area (Å²) in [5, 5.41) is 29.2. The van der Waals surface area contributed by atoms with Crippen molar-refractivity contribution in [3.63, 3.8) is 0 Å². The third-order valence-corrected chi connectivity index (χ3v) is 13.1. The van der Waals surface area contributed by atoms with Crippen LogP contribution in [0.2, 0.25) is 0 Å². The highest BCUT2D eigenvalue weighted by atomic mass is 16.6. The maximum Gasteiger partial charge on any atom is 0.305 e. The molecule has 90 heavy (non-hydrogen) atoms. The summed E-state index contributed by atoms with van der Waals surface area (Å²) in [6, 6.07) is 0. The van der Waals surface area contributed by atoms with E-state index in [9.17, 15) is 20.1 Å². The zero-order valence-electron chi connectivity index (χ0n) is 55.3. The lowest BCUT2D eigenvalue weighted by Gasteiger charge is -2.20. The van der Waals surface area contributed by atoms with Gasteiger partial charge in [0.25, 0.3) is 0 Å². The van der Waals surface area contributed by atoms with Crippen molar-refractivity contribution >= 4 is 5.97 Å². The van der Waals surface area contributed by atoms with Gasteiger partial charge in [-0.3, -0.25) is 4.79 Å². The van der Waals surface area contributed by atoms with Crippen molar-refractivity contribution in [2.75, 3.05) is 277 Å². The molecule has 3 N–H and O–H groups in total. The van der Waals surface area contributed by atoms with E-state index in [1.807, 2.05) is 0 Å². The van der Waals surface area contributed by atoms with E-state index in [2.05, 4.69) is 19.1 Å². The highest BCUT2D eigenvalue weighted by Gasteiger charge is 2.39. The predicted molar refractivity (Wildman–Crippen MR) is 335 cm³/mol. The van der Waals surface area contributed by atoms with Gasteiger partial charge in [0.05, 0.1) is 271 Å². The standard InChI is InChI=1S/C64H124O26/c1-2-3-4-5-6-7-8-9-10-11-12-13-14-15-16-17-62(67)89-57-56-87-53-52-85-49-48-83-45-44-81-41-40-79-37-36-77-33-32-75-29-28-73-25-24-71-21-20-69-18-19-70-22-23-72-26-27-74-30-31-76-34-35-78-38-39-80-42-43-82-46-47-84-50-51-86-54-55-88-58-61(66)64-63(68)60(65)59-90-64/h9-10,60-61,63-66,68H,2-8,11-59H2,1H3/b10-9-/t60-,61?,63+,64-/m1/s1. The summed E-state index contributed by atoms with van der Waals surface area (Å²) in [5.41, 5.74) is 0. The van der Waals surface area contributed by atoms with Gasteiger partial charge in [-0.2, -0.15) is 0 Å². The van der Waals surface area contributed by atoms with Gasteiger partial charge in [0, 0.05) is 6.42 Å². The number of unbranched alkanes of at least 4 members (excludes halogenated alkanes) is 11. The minimum atomic E-state index is -1.12. The topological polar surface area (TPSA) is 281 Å². The van der Waals surface area contributed by atoms with E-state index < -0.39 is 24.4 Å². The molecule has 26 nitrogen and oxygen atoms in total. The number of rotatable bonds is 78. The molecule has 1 rings (SSSR count). The van der Waals surface area contributed by atoms with Crippen LogP contribution in [0, 0.1) is 0 Å². The predicted octanol–water partition coefficient (Wildman–Crippen LogP) is 4.38. The Labute approximate surface area is 539 Å². The second-order valence-corrected chi connectivity index (χ2v) is 20.7. The molecular weight excluding hydrogens is 1180 g/mol. The van der Waals surface area contributed by atoms with Crippen LogP contribution in [0.1, 0.15) is 96.8 Å². The Hall–Kier alpha value is -1.75. The van der Waals surface area contributed by atoms with Gasteiger partial charge < -0.3 is 120 Å². The fourth-order valence-corrected chi connectivity index (χ4v) is 8.07. The van der Waals surface area contributed by atoms with Gasteiger partial charge in [0.2, 0.25) is 0 Å². The van der Waals surface area contributed by atoms with Crippen LogP contribution in [-0.2, 0) is 109 Å². The molecule has 0 aliphatic carbocycles. The highest BCUT2D eigenvalue weighted by Crippen LogP contribution is 2.18. The van der Waals surface area contributed by atoms with Gasteiger partial charge >= 0.3 is 5.97 Å². The van der Waals surface area contributed by atoms with Crippen molar-refractivity contribution in [2.24, 2.45) is 0 Å². The first-order valence-corrected chi connectivity index (χ1v) is 33.6. The molecular formula is C64H124O26. The Morgan fingerprint density at radius 2 is 0.578 bits per heavy atom. The molecule has 1 fully saturated rings. The number of esters is 1. The van der Waals surface area contributed by atoms with Crippen LogP contribution in [0.25, 0.3) is 0 Å². The summed E-state index contributed by atoms with van der Waals surface area (Å²) < 4.78 is 120. The molecule has 1 aliphatic rings. The largest absolute Gasteiger partial charge is 0.463 e. The van der Waals surface area contributed by atoms with Crippen LogP contribution in [0.15, 0.2) is 12.2 Å². The van der Waals surface area contributed by atoms with Crippen LogP contribution in [-0.4, -0.2) is 323 Å². The van der Waals surface area contributed by atoms with Crippen molar-refractivity contribution in [3.8, 4) is 0 Å². The zero-order valence-corrected chi connectivity index (χ0v) is 55.3. The van der Waals surface area contributed by atoms with E-state index in [0.29, 0.717) is 257 Å². The second-order valence-electron chi connectivity index (χ2n) is 20.7. The molecule has 0 aromatic rings. The van der Waals surface area contributed by atoms with Crippen LogP contribution in [0.4, 0.5) is 0 Å². The third kappa shape index (κ3) is 66.3. The van der Waals surface area contributed by atoms with Crippen LogP contribution in [0.3, 0.4) is 0 Å². The van der Waals surface area contributed by atoms with Crippen molar-refractivity contribution in [1.82, 2.24) is 0 Å². The van der Waals surface area contributed by atoms with Crippen LogP contribution >= 0.6 is 0 Å². The van der Waals surface area contributed by atoms with E-state index in [0.717, 1.165) is 19.3 Å². The van der Waals surface area contributed by atoms with Crippen LogP contribution in [0.5, 0.6) is 0 Å². The average Bonchev–Trinajstić information content (AvgIpc) is 3.93.